The first-order valence-electron chi connectivity index (χ1n) is 15.9. The number of fused-ring (bicyclic) bond motifs is 1. The lowest BCUT2D eigenvalue weighted by molar-refractivity contribution is -0.156. The van der Waals surface area contributed by atoms with Crippen LogP contribution in [0.1, 0.15) is 59.4 Å². The number of esters is 1. The fourth-order valence-electron chi connectivity index (χ4n) is 4.87. The average molecular weight is 705 g/mol. The number of aliphatic hydroxyl groups is 1. The van der Waals surface area contributed by atoms with E-state index in [0.29, 0.717) is 0 Å². The summed E-state index contributed by atoms with van der Waals surface area (Å²) < 4.78 is 5.30. The summed E-state index contributed by atoms with van der Waals surface area (Å²) in [5.74, 6) is -2.11. The number of amides is 5. The lowest BCUT2D eigenvalue weighted by Crippen LogP contribution is -2.60. The van der Waals surface area contributed by atoms with Gasteiger partial charge in [-0.15, -0.1) is 0 Å². The van der Waals surface area contributed by atoms with Gasteiger partial charge in [-0.05, 0) is 51.2 Å². The van der Waals surface area contributed by atoms with Crippen LogP contribution in [0.4, 0.5) is 0 Å². The molecule has 0 radical (unpaired) electrons. The van der Waals surface area contributed by atoms with E-state index >= 15 is 0 Å². The van der Waals surface area contributed by atoms with Gasteiger partial charge in [-0.1, -0.05) is 32.0 Å². The molecule has 276 valence electrons. The minimum atomic E-state index is -1.77. The number of aliphatic carboxylic acids is 1. The van der Waals surface area contributed by atoms with Gasteiger partial charge in [0.1, 0.15) is 29.8 Å². The van der Waals surface area contributed by atoms with Gasteiger partial charge in [0.05, 0.1) is 25.5 Å². The van der Waals surface area contributed by atoms with Crippen LogP contribution in [0.5, 0.6) is 0 Å². The van der Waals surface area contributed by atoms with Crippen LogP contribution in [-0.2, 0) is 44.7 Å². The number of aromatic nitrogens is 1. The Morgan fingerprint density at radius 1 is 0.820 bits per heavy atom. The Hall–Kier alpha value is -5.07. The van der Waals surface area contributed by atoms with Gasteiger partial charge in [0.15, 0.2) is 0 Å². The van der Waals surface area contributed by atoms with Crippen molar-refractivity contribution in [3.8, 4) is 0 Å². The number of benzene rings is 1. The van der Waals surface area contributed by atoms with E-state index in [-0.39, 0.29) is 18.8 Å². The molecule has 0 aliphatic carbocycles. The second kappa shape index (κ2) is 18.6. The number of hydrogen-bond donors (Lipinski definition) is 10. The molecule has 0 fully saturated rings. The summed E-state index contributed by atoms with van der Waals surface area (Å²) in [5, 5.41) is 29.3. The molecular weight excluding hydrogens is 656 g/mol. The number of carboxylic acid groups (broad SMARTS) is 1. The van der Waals surface area contributed by atoms with E-state index in [2.05, 4.69) is 26.3 Å². The zero-order chi connectivity index (χ0) is 37.8. The summed E-state index contributed by atoms with van der Waals surface area (Å²) in [6.07, 6.45) is 0.291. The van der Waals surface area contributed by atoms with Crippen molar-refractivity contribution in [2.75, 3.05) is 6.61 Å². The zero-order valence-electron chi connectivity index (χ0n) is 28.7. The highest BCUT2D eigenvalue weighted by atomic mass is 16.6. The third-order valence-corrected chi connectivity index (χ3v) is 7.18. The second-order valence-electron chi connectivity index (χ2n) is 13.1. The molecule has 50 heavy (non-hydrogen) atoms. The fourth-order valence-corrected chi connectivity index (χ4v) is 4.87. The summed E-state index contributed by atoms with van der Waals surface area (Å²) in [5.41, 5.74) is 8.69. The van der Waals surface area contributed by atoms with Crippen molar-refractivity contribution < 1.29 is 48.5 Å². The normalized spacial score (nSPS) is 14.4. The number of hydrogen-bond acceptors (Lipinski definition) is 11. The van der Waals surface area contributed by atoms with Crippen LogP contribution in [0, 0.1) is 5.92 Å². The molecule has 0 unspecified atom stereocenters. The number of nitrogens with one attached hydrogen (secondary N) is 6. The van der Waals surface area contributed by atoms with E-state index in [0.717, 1.165) is 16.5 Å². The molecule has 5 amide bonds. The van der Waals surface area contributed by atoms with Gasteiger partial charge >= 0.3 is 11.9 Å². The van der Waals surface area contributed by atoms with Gasteiger partial charge in [-0.3, -0.25) is 39.0 Å². The molecule has 0 spiro atoms. The van der Waals surface area contributed by atoms with Crippen LogP contribution in [0.3, 0.4) is 0 Å². The van der Waals surface area contributed by atoms with Gasteiger partial charge in [0.25, 0.3) is 5.91 Å². The number of carboxylic acids is 1. The predicted molar refractivity (Wildman–Crippen MR) is 179 cm³/mol. The first kappa shape index (κ1) is 41.1. The van der Waals surface area contributed by atoms with Crippen molar-refractivity contribution in [1.29, 1.82) is 0 Å². The molecule has 1 aromatic heterocycles. The van der Waals surface area contributed by atoms with Crippen molar-refractivity contribution in [3.63, 3.8) is 0 Å². The molecule has 0 aliphatic heterocycles. The Morgan fingerprint density at radius 3 is 1.92 bits per heavy atom. The van der Waals surface area contributed by atoms with Crippen LogP contribution in [0.2, 0.25) is 0 Å². The SMILES string of the molecule is CC(C)C[C@H](NC(=O)[C@@H](CC(=O)O)NC(=O)[C@H](CO)NC(=O)[C@@H](CC(=O)OC(C)(C)C)NC(=O)[C@H](N)Cc1c[nH]c2ccccc12)C(=O)NN. The molecule has 18 heteroatoms. The highest BCUT2D eigenvalue weighted by Crippen LogP contribution is 2.19. The molecule has 0 bridgehead atoms. The first-order valence-corrected chi connectivity index (χ1v) is 15.9. The van der Waals surface area contributed by atoms with Crippen molar-refractivity contribution in [2.24, 2.45) is 17.5 Å². The Labute approximate surface area is 288 Å². The van der Waals surface area contributed by atoms with Gasteiger partial charge < -0.3 is 46.9 Å². The first-order chi connectivity index (χ1) is 23.3. The van der Waals surface area contributed by atoms with Crippen LogP contribution in [0.15, 0.2) is 30.5 Å². The monoisotopic (exact) mass is 704 g/mol. The molecule has 2 aromatic rings. The van der Waals surface area contributed by atoms with Crippen LogP contribution >= 0.6 is 0 Å². The summed E-state index contributed by atoms with van der Waals surface area (Å²) in [6, 6.07) is -0.129. The lowest BCUT2D eigenvalue weighted by Gasteiger charge is -2.26. The number of ether oxygens (including phenoxy) is 1. The molecule has 1 heterocycles. The van der Waals surface area contributed by atoms with Gasteiger partial charge in [0, 0.05) is 17.1 Å². The third kappa shape index (κ3) is 13.1. The van der Waals surface area contributed by atoms with Gasteiger partial charge in [0.2, 0.25) is 23.6 Å². The molecule has 0 aliphatic rings. The number of nitrogens with two attached hydrogens (primary N) is 2. The quantitative estimate of drug-likeness (QED) is 0.0356. The van der Waals surface area contributed by atoms with Crippen LogP contribution in [0.25, 0.3) is 10.9 Å². The molecule has 5 atom stereocenters. The van der Waals surface area contributed by atoms with Gasteiger partial charge in [-0.2, -0.15) is 0 Å². The fraction of sp³-hybridized carbons (Fsp3) is 0.531. The maximum Gasteiger partial charge on any atom is 0.308 e. The third-order valence-electron chi connectivity index (χ3n) is 7.18. The highest BCUT2D eigenvalue weighted by Gasteiger charge is 2.34. The van der Waals surface area contributed by atoms with E-state index < -0.39 is 96.7 Å². The minimum Gasteiger partial charge on any atom is -0.481 e. The number of hydrazine groups is 1. The number of aliphatic hydroxyl groups excluding tert-OH is 1. The van der Waals surface area contributed by atoms with Gasteiger partial charge in [-0.25, -0.2) is 5.84 Å². The highest BCUT2D eigenvalue weighted by molar-refractivity contribution is 5.98. The number of carbonyl (C=O) groups is 7. The van der Waals surface area contributed by atoms with Crippen LogP contribution in [-0.4, -0.2) is 99.1 Å². The largest absolute Gasteiger partial charge is 0.481 e. The number of aromatic amines is 1. The Morgan fingerprint density at radius 2 is 1.36 bits per heavy atom. The Bertz CT molecular complexity index is 1540. The van der Waals surface area contributed by atoms with Crippen molar-refractivity contribution >= 4 is 52.4 Å². The zero-order valence-corrected chi connectivity index (χ0v) is 28.7. The number of carbonyl (C=O) groups excluding carboxylic acids is 6. The number of rotatable bonds is 18. The molecule has 0 saturated heterocycles. The van der Waals surface area contributed by atoms with Crippen molar-refractivity contribution in [2.45, 2.75) is 96.1 Å². The molecule has 1 aromatic carbocycles. The average Bonchev–Trinajstić information content (AvgIpc) is 3.43. The molecule has 0 saturated carbocycles. The standard InChI is InChI=1S/C32H48N8O10/c1-16(2)10-21(31(49)40-34)37-28(46)22(12-25(42)43)38-30(48)24(15-41)39-29(47)23(13-26(44)50-32(3,4)5)36-27(45)19(33)11-17-14-35-20-9-7-6-8-18(17)20/h6-9,14,16,19,21-24,35,41H,10-13,15,33-34H2,1-5H3,(H,36,45)(H,37,46)(H,38,48)(H,39,47)(H,40,49)(H,42,43)/t19-,21+,22-,23-,24+/m1/s1. The van der Waals surface area contributed by atoms with Crippen LogP contribution < -0.4 is 38.3 Å². The van der Waals surface area contributed by atoms with Crippen molar-refractivity contribution in [3.05, 3.63) is 36.0 Å². The molecular formula is C32H48N8O10. The van der Waals surface area contributed by atoms with E-state index in [1.54, 1.807) is 40.8 Å². The van der Waals surface area contributed by atoms with E-state index in [1.807, 2.05) is 29.7 Å². The molecule has 12 N–H and O–H groups in total. The number of para-hydroxylation sites is 1. The summed E-state index contributed by atoms with van der Waals surface area (Å²) in [6.45, 7) is 7.29. The maximum atomic E-state index is 13.4. The summed E-state index contributed by atoms with van der Waals surface area (Å²) >= 11 is 0. The maximum absolute atomic E-state index is 13.4. The van der Waals surface area contributed by atoms with Crippen molar-refractivity contribution in [1.82, 2.24) is 31.7 Å². The smallest absolute Gasteiger partial charge is 0.308 e. The Balaban J connectivity index is 2.23. The lowest BCUT2D eigenvalue weighted by atomic mass is 10.0. The number of H-pyrrole nitrogens is 1. The summed E-state index contributed by atoms with van der Waals surface area (Å²) in [7, 11) is 0. The summed E-state index contributed by atoms with van der Waals surface area (Å²) in [4.78, 5) is 92.3. The second-order valence-corrected chi connectivity index (χ2v) is 13.1. The van der Waals surface area contributed by atoms with E-state index in [4.69, 9.17) is 16.3 Å². The van der Waals surface area contributed by atoms with E-state index in [9.17, 15) is 43.8 Å². The minimum absolute atomic E-state index is 0.0658. The van der Waals surface area contributed by atoms with E-state index in [1.165, 1.54) is 0 Å². The topological polar surface area (TPSA) is 297 Å². The molecule has 18 nitrogen and oxygen atoms in total. The molecule has 2 rings (SSSR count). The predicted octanol–water partition coefficient (Wildman–Crippen LogP) is -1.79. The Kier molecular flexibility index (Phi) is 15.3.